The Hall–Kier alpha value is -2.79. The lowest BCUT2D eigenvalue weighted by Crippen LogP contribution is -2.25. The Kier molecular flexibility index (Phi) is 5.92. The van der Waals surface area contributed by atoms with Crippen molar-refractivity contribution in [2.24, 2.45) is 0 Å². The summed E-state index contributed by atoms with van der Waals surface area (Å²) >= 11 is 0. The Morgan fingerprint density at radius 1 is 1.15 bits per heavy atom. The Morgan fingerprint density at radius 2 is 1.96 bits per heavy atom. The third kappa shape index (κ3) is 3.89. The number of hydrogen-bond acceptors (Lipinski definition) is 4. The molecule has 0 fully saturated rings. The van der Waals surface area contributed by atoms with Crippen molar-refractivity contribution in [2.75, 3.05) is 26.9 Å². The highest BCUT2D eigenvalue weighted by molar-refractivity contribution is 6.08. The molecule has 0 aliphatic heterocycles. The monoisotopic (exact) mass is 353 g/mol. The van der Waals surface area contributed by atoms with Crippen LogP contribution in [0.25, 0.3) is 22.1 Å². The normalized spacial score (nSPS) is 10.8. The van der Waals surface area contributed by atoms with Crippen LogP contribution in [0.3, 0.4) is 0 Å². The van der Waals surface area contributed by atoms with Gasteiger partial charge >= 0.3 is 0 Å². The van der Waals surface area contributed by atoms with Crippen LogP contribution in [0, 0.1) is 0 Å². The number of benzene rings is 2. The lowest BCUT2D eigenvalue weighted by molar-refractivity contribution is 0.0920. The van der Waals surface area contributed by atoms with Crippen LogP contribution in [-0.4, -0.2) is 32.8 Å². The van der Waals surface area contributed by atoms with Crippen molar-refractivity contribution < 1.29 is 18.7 Å². The number of carbonyl (C=O) groups is 1. The maximum absolute atomic E-state index is 12.7. The molecule has 2 aromatic carbocycles. The fourth-order valence-electron chi connectivity index (χ4n) is 2.86. The average Bonchev–Trinajstić information content (AvgIpc) is 3.07. The molecule has 0 aliphatic rings. The molecule has 5 heteroatoms. The minimum atomic E-state index is -0.226. The van der Waals surface area contributed by atoms with Crippen LogP contribution in [0.15, 0.2) is 52.9 Å². The van der Waals surface area contributed by atoms with Crippen LogP contribution in [0.2, 0.25) is 0 Å². The summed E-state index contributed by atoms with van der Waals surface area (Å²) < 4.78 is 16.5. The maximum atomic E-state index is 12.7. The number of nitrogens with one attached hydrogen (secondary N) is 1. The number of rotatable bonds is 8. The van der Waals surface area contributed by atoms with Crippen LogP contribution in [0.5, 0.6) is 5.75 Å². The first-order valence-electron chi connectivity index (χ1n) is 8.76. The largest absolute Gasteiger partial charge is 0.497 e. The first kappa shape index (κ1) is 18.0. The highest BCUT2D eigenvalue weighted by Crippen LogP contribution is 2.36. The molecule has 1 N–H and O–H groups in total. The highest BCUT2D eigenvalue weighted by atomic mass is 16.5. The molecule has 0 aliphatic carbocycles. The van der Waals surface area contributed by atoms with E-state index in [1.165, 1.54) is 0 Å². The van der Waals surface area contributed by atoms with E-state index in [1.807, 2.05) is 49.4 Å². The number of amides is 1. The predicted octanol–water partition coefficient (Wildman–Crippen LogP) is 4.26. The van der Waals surface area contributed by atoms with Gasteiger partial charge in [-0.15, -0.1) is 0 Å². The van der Waals surface area contributed by atoms with E-state index in [9.17, 15) is 4.79 Å². The third-order valence-electron chi connectivity index (χ3n) is 4.12. The Labute approximate surface area is 152 Å². The zero-order chi connectivity index (χ0) is 18.4. The summed E-state index contributed by atoms with van der Waals surface area (Å²) in [5, 5.41) is 3.80. The summed E-state index contributed by atoms with van der Waals surface area (Å²) in [6.07, 6.45) is 0.758. The van der Waals surface area contributed by atoms with Crippen LogP contribution < -0.4 is 10.1 Å². The molecule has 1 amide bonds. The summed E-state index contributed by atoms with van der Waals surface area (Å²) in [7, 11) is 1.61. The molecule has 0 saturated carbocycles. The van der Waals surface area contributed by atoms with Crippen LogP contribution in [0.1, 0.15) is 23.9 Å². The van der Waals surface area contributed by atoms with Crippen LogP contribution in [0.4, 0.5) is 0 Å². The Morgan fingerprint density at radius 3 is 2.69 bits per heavy atom. The van der Waals surface area contributed by atoms with Crippen molar-refractivity contribution in [2.45, 2.75) is 13.3 Å². The van der Waals surface area contributed by atoms with E-state index in [4.69, 9.17) is 13.9 Å². The fraction of sp³-hybridized carbons (Fsp3) is 0.286. The standard InChI is InChI=1S/C21H23NO4/c1-3-25-13-7-12-22-21(23)20-19(15-8-5-4-6-9-15)17-11-10-16(24-2)14-18(17)26-20/h4-6,8-11,14H,3,7,12-13H2,1-2H3,(H,22,23). The lowest BCUT2D eigenvalue weighted by Gasteiger charge is -2.06. The van der Waals surface area contributed by atoms with Crippen molar-refractivity contribution in [3.8, 4) is 16.9 Å². The molecule has 0 spiro atoms. The number of carbonyl (C=O) groups excluding carboxylic acids is 1. The molecular formula is C21H23NO4. The van der Waals surface area contributed by atoms with E-state index in [-0.39, 0.29) is 5.91 Å². The number of furan rings is 1. The number of methoxy groups -OCH3 is 1. The second-order valence-electron chi connectivity index (χ2n) is 5.84. The fourth-order valence-corrected chi connectivity index (χ4v) is 2.86. The van der Waals surface area contributed by atoms with Gasteiger partial charge in [0.25, 0.3) is 5.91 Å². The van der Waals surface area contributed by atoms with Gasteiger partial charge in [-0.1, -0.05) is 30.3 Å². The van der Waals surface area contributed by atoms with Crippen LogP contribution in [-0.2, 0) is 4.74 Å². The van der Waals surface area contributed by atoms with E-state index < -0.39 is 0 Å². The number of hydrogen-bond donors (Lipinski definition) is 1. The SMILES string of the molecule is CCOCCCNC(=O)c1oc2cc(OC)ccc2c1-c1ccccc1. The first-order valence-corrected chi connectivity index (χ1v) is 8.76. The molecule has 0 unspecified atom stereocenters. The van der Waals surface area contributed by atoms with Gasteiger partial charge in [-0.05, 0) is 31.0 Å². The molecule has 1 heterocycles. The van der Waals surface area contributed by atoms with Gasteiger partial charge in [0.2, 0.25) is 5.76 Å². The molecule has 0 saturated heterocycles. The minimum absolute atomic E-state index is 0.226. The van der Waals surface area contributed by atoms with Gasteiger partial charge in [0, 0.05) is 36.8 Å². The van der Waals surface area contributed by atoms with Gasteiger partial charge < -0.3 is 19.2 Å². The molecule has 1 aromatic heterocycles. The summed E-state index contributed by atoms with van der Waals surface area (Å²) in [5.41, 5.74) is 2.36. The summed E-state index contributed by atoms with van der Waals surface area (Å²) in [6, 6.07) is 15.4. The molecular weight excluding hydrogens is 330 g/mol. The predicted molar refractivity (Wildman–Crippen MR) is 102 cm³/mol. The van der Waals surface area contributed by atoms with E-state index in [0.29, 0.717) is 36.9 Å². The van der Waals surface area contributed by atoms with E-state index in [0.717, 1.165) is 22.9 Å². The summed E-state index contributed by atoms with van der Waals surface area (Å²) in [5.74, 6) is 0.779. The van der Waals surface area contributed by atoms with Crippen molar-refractivity contribution >= 4 is 16.9 Å². The average molecular weight is 353 g/mol. The maximum Gasteiger partial charge on any atom is 0.287 e. The van der Waals surface area contributed by atoms with Crippen LogP contribution >= 0.6 is 0 Å². The third-order valence-corrected chi connectivity index (χ3v) is 4.12. The van der Waals surface area contributed by atoms with Gasteiger partial charge in [-0.3, -0.25) is 4.79 Å². The van der Waals surface area contributed by atoms with E-state index in [2.05, 4.69) is 5.32 Å². The van der Waals surface area contributed by atoms with Crippen molar-refractivity contribution in [1.29, 1.82) is 0 Å². The van der Waals surface area contributed by atoms with Gasteiger partial charge in [-0.25, -0.2) is 0 Å². The zero-order valence-electron chi connectivity index (χ0n) is 15.1. The van der Waals surface area contributed by atoms with Gasteiger partial charge in [-0.2, -0.15) is 0 Å². The smallest absolute Gasteiger partial charge is 0.287 e. The molecule has 0 bridgehead atoms. The minimum Gasteiger partial charge on any atom is -0.497 e. The van der Waals surface area contributed by atoms with E-state index in [1.54, 1.807) is 13.2 Å². The topological polar surface area (TPSA) is 60.7 Å². The molecule has 0 radical (unpaired) electrons. The van der Waals surface area contributed by atoms with Gasteiger partial charge in [0.05, 0.1) is 7.11 Å². The first-order chi connectivity index (χ1) is 12.7. The van der Waals surface area contributed by atoms with Gasteiger partial charge in [0.15, 0.2) is 0 Å². The Bertz CT molecular complexity index is 870. The molecule has 0 atom stereocenters. The van der Waals surface area contributed by atoms with E-state index >= 15 is 0 Å². The second kappa shape index (κ2) is 8.54. The molecule has 3 aromatic rings. The summed E-state index contributed by atoms with van der Waals surface area (Å²) in [4.78, 5) is 12.7. The molecule has 5 nitrogen and oxygen atoms in total. The van der Waals surface area contributed by atoms with Crippen molar-refractivity contribution in [1.82, 2.24) is 5.32 Å². The molecule has 26 heavy (non-hydrogen) atoms. The number of fused-ring (bicyclic) bond motifs is 1. The van der Waals surface area contributed by atoms with Crippen molar-refractivity contribution in [3.05, 3.63) is 54.3 Å². The Balaban J connectivity index is 1.94. The zero-order valence-corrected chi connectivity index (χ0v) is 15.1. The number of ether oxygens (including phenoxy) is 2. The highest BCUT2D eigenvalue weighted by Gasteiger charge is 2.22. The lowest BCUT2D eigenvalue weighted by atomic mass is 10.0. The summed E-state index contributed by atoms with van der Waals surface area (Å²) in [6.45, 7) is 3.79. The second-order valence-corrected chi connectivity index (χ2v) is 5.84. The molecule has 3 rings (SSSR count). The quantitative estimate of drug-likeness (QED) is 0.615. The molecule has 136 valence electrons. The van der Waals surface area contributed by atoms with Gasteiger partial charge in [0.1, 0.15) is 11.3 Å². The van der Waals surface area contributed by atoms with Crippen molar-refractivity contribution in [3.63, 3.8) is 0 Å².